The Morgan fingerprint density at radius 3 is 2.59 bits per heavy atom. The summed E-state index contributed by atoms with van der Waals surface area (Å²) in [5.41, 5.74) is 3.26. The monoisotopic (exact) mass is 360 g/mol. The normalized spacial score (nSPS) is 12.4. The third-order valence-corrected chi connectivity index (χ3v) is 4.90. The zero-order chi connectivity index (χ0) is 19.1. The Balaban J connectivity index is 1.78. The summed E-state index contributed by atoms with van der Waals surface area (Å²) in [6.45, 7) is 3.84. The van der Waals surface area contributed by atoms with Gasteiger partial charge in [-0.3, -0.25) is 14.0 Å². The maximum absolute atomic E-state index is 12.8. The van der Waals surface area contributed by atoms with Gasteiger partial charge in [-0.25, -0.2) is 4.98 Å². The molecule has 0 aliphatic heterocycles. The average molecular weight is 360 g/mol. The molecule has 1 atom stereocenters. The first-order chi connectivity index (χ1) is 13.0. The zero-order valence-corrected chi connectivity index (χ0v) is 15.4. The summed E-state index contributed by atoms with van der Waals surface area (Å²) < 4.78 is 3.20. The van der Waals surface area contributed by atoms with Gasteiger partial charge in [0.2, 0.25) is 0 Å². The van der Waals surface area contributed by atoms with Gasteiger partial charge in [-0.05, 0) is 37.1 Å². The lowest BCUT2D eigenvalue weighted by atomic mass is 10.1. The molecule has 136 valence electrons. The van der Waals surface area contributed by atoms with Gasteiger partial charge in [0.15, 0.2) is 0 Å². The van der Waals surface area contributed by atoms with Crippen LogP contribution in [0.3, 0.4) is 0 Å². The van der Waals surface area contributed by atoms with E-state index >= 15 is 0 Å². The lowest BCUT2D eigenvalue weighted by Crippen LogP contribution is -2.28. The molecule has 0 saturated heterocycles. The van der Waals surface area contributed by atoms with Gasteiger partial charge in [-0.15, -0.1) is 0 Å². The van der Waals surface area contributed by atoms with Crippen molar-refractivity contribution in [3.05, 3.63) is 81.9 Å². The highest BCUT2D eigenvalue weighted by Crippen LogP contribution is 2.18. The predicted molar refractivity (Wildman–Crippen MR) is 105 cm³/mol. The average Bonchev–Trinajstić information content (AvgIpc) is 3.01. The molecule has 1 N–H and O–H groups in total. The summed E-state index contributed by atoms with van der Waals surface area (Å²) in [5.74, 6) is -0.239. The van der Waals surface area contributed by atoms with Gasteiger partial charge in [0.1, 0.15) is 17.0 Å². The van der Waals surface area contributed by atoms with Crippen molar-refractivity contribution in [3.63, 3.8) is 0 Å². The van der Waals surface area contributed by atoms with Gasteiger partial charge < -0.3 is 9.88 Å². The molecule has 0 aliphatic rings. The van der Waals surface area contributed by atoms with E-state index in [9.17, 15) is 9.59 Å². The second-order valence-electron chi connectivity index (χ2n) is 6.73. The number of carbonyl (C=O) groups excluding carboxylic acids is 1. The van der Waals surface area contributed by atoms with E-state index in [2.05, 4.69) is 10.3 Å². The van der Waals surface area contributed by atoms with Gasteiger partial charge in [-0.2, -0.15) is 0 Å². The first kappa shape index (κ1) is 17.0. The molecule has 0 unspecified atom stereocenters. The Bertz CT molecular complexity index is 1220. The quantitative estimate of drug-likeness (QED) is 0.611. The molecule has 0 spiro atoms. The molecule has 0 saturated carbocycles. The molecule has 0 bridgehead atoms. The summed E-state index contributed by atoms with van der Waals surface area (Å²) in [6.07, 6.45) is 1.70. The minimum absolute atomic E-state index is 0.146. The smallest absolute Gasteiger partial charge is 0.268 e. The molecule has 4 aromatic rings. The first-order valence-electron chi connectivity index (χ1n) is 8.80. The summed E-state index contributed by atoms with van der Waals surface area (Å²) in [4.78, 5) is 30.3. The van der Waals surface area contributed by atoms with Crippen molar-refractivity contribution >= 4 is 22.6 Å². The molecule has 4 rings (SSSR count). The number of hydrogen-bond donors (Lipinski definition) is 1. The zero-order valence-electron chi connectivity index (χ0n) is 15.4. The summed E-state index contributed by atoms with van der Waals surface area (Å²) in [7, 11) is 1.76. The molecule has 0 fully saturated rings. The molecular formula is C21H20N4O2. The van der Waals surface area contributed by atoms with Crippen LogP contribution in [0.15, 0.2) is 59.5 Å². The summed E-state index contributed by atoms with van der Waals surface area (Å²) in [6, 6.07) is 14.9. The number of nitrogens with zero attached hydrogens (tertiary/aromatic N) is 3. The fourth-order valence-corrected chi connectivity index (χ4v) is 3.34. The molecule has 3 aromatic heterocycles. The number of pyridine rings is 1. The van der Waals surface area contributed by atoms with E-state index in [1.54, 1.807) is 23.9 Å². The van der Waals surface area contributed by atoms with Gasteiger partial charge in [0.25, 0.3) is 11.5 Å². The van der Waals surface area contributed by atoms with E-state index in [0.717, 1.165) is 11.1 Å². The molecule has 3 heterocycles. The summed E-state index contributed by atoms with van der Waals surface area (Å²) in [5, 5.41) is 3.42. The predicted octanol–water partition coefficient (Wildman–Crippen LogP) is 2.99. The van der Waals surface area contributed by atoms with E-state index in [1.165, 1.54) is 4.40 Å². The largest absolute Gasteiger partial charge is 0.344 e. The van der Waals surface area contributed by atoms with E-state index in [-0.39, 0.29) is 17.5 Å². The highest BCUT2D eigenvalue weighted by atomic mass is 16.2. The second kappa shape index (κ2) is 6.39. The molecule has 0 radical (unpaired) electrons. The maximum Gasteiger partial charge on any atom is 0.268 e. The summed E-state index contributed by atoms with van der Waals surface area (Å²) >= 11 is 0. The van der Waals surface area contributed by atoms with Crippen molar-refractivity contribution in [1.82, 2.24) is 19.3 Å². The third-order valence-electron chi connectivity index (χ3n) is 4.90. The fraction of sp³-hybridized carbons (Fsp3) is 0.190. The van der Waals surface area contributed by atoms with Crippen molar-refractivity contribution < 1.29 is 4.79 Å². The second-order valence-corrected chi connectivity index (χ2v) is 6.73. The molecule has 6 nitrogen and oxygen atoms in total. The van der Waals surface area contributed by atoms with Crippen molar-refractivity contribution in [2.45, 2.75) is 19.9 Å². The molecule has 1 amide bonds. The van der Waals surface area contributed by atoms with Crippen molar-refractivity contribution in [2.24, 2.45) is 7.05 Å². The molecule has 6 heteroatoms. The molecular weight excluding hydrogens is 340 g/mol. The third kappa shape index (κ3) is 2.79. The Morgan fingerprint density at radius 1 is 1.11 bits per heavy atom. The lowest BCUT2D eigenvalue weighted by molar-refractivity contribution is 0.0932. The minimum Gasteiger partial charge on any atom is -0.344 e. The first-order valence-corrected chi connectivity index (χ1v) is 8.80. The van der Waals surface area contributed by atoms with Crippen LogP contribution in [-0.2, 0) is 7.05 Å². The molecule has 1 aromatic carbocycles. The van der Waals surface area contributed by atoms with Crippen LogP contribution in [0.2, 0.25) is 0 Å². The van der Waals surface area contributed by atoms with E-state index in [4.69, 9.17) is 0 Å². The Hall–Kier alpha value is -3.41. The topological polar surface area (TPSA) is 68.4 Å². The van der Waals surface area contributed by atoms with Crippen LogP contribution in [0.25, 0.3) is 16.7 Å². The van der Waals surface area contributed by atoms with Crippen molar-refractivity contribution in [1.29, 1.82) is 0 Å². The van der Waals surface area contributed by atoms with Crippen LogP contribution in [0.4, 0.5) is 0 Å². The minimum atomic E-state index is -0.239. The number of rotatable bonds is 3. The lowest BCUT2D eigenvalue weighted by Gasteiger charge is -2.14. The number of aryl methyl sites for hydroxylation is 2. The van der Waals surface area contributed by atoms with E-state index in [0.29, 0.717) is 22.4 Å². The van der Waals surface area contributed by atoms with Crippen LogP contribution in [0.1, 0.15) is 34.6 Å². The molecule has 0 aliphatic carbocycles. The Morgan fingerprint density at radius 2 is 1.85 bits per heavy atom. The van der Waals surface area contributed by atoms with Gasteiger partial charge in [0.05, 0.1) is 11.4 Å². The van der Waals surface area contributed by atoms with Crippen molar-refractivity contribution in [2.75, 3.05) is 0 Å². The van der Waals surface area contributed by atoms with Crippen LogP contribution >= 0.6 is 0 Å². The number of aromatic nitrogens is 3. The number of amides is 1. The number of carbonyl (C=O) groups is 1. The number of fused-ring (bicyclic) bond motifs is 2. The Kier molecular flexibility index (Phi) is 4.03. The Labute approximate surface area is 156 Å². The molecule has 27 heavy (non-hydrogen) atoms. The van der Waals surface area contributed by atoms with E-state index < -0.39 is 0 Å². The van der Waals surface area contributed by atoms with Gasteiger partial charge in [0, 0.05) is 13.2 Å². The van der Waals surface area contributed by atoms with Gasteiger partial charge >= 0.3 is 0 Å². The maximum atomic E-state index is 12.8. The van der Waals surface area contributed by atoms with Crippen LogP contribution in [0, 0.1) is 6.92 Å². The standard InChI is InChI=1S/C21H20N4O2/c1-13-8-7-11-25-18(13)23-19-16(21(25)27)12-17(24(19)3)20(26)22-14(2)15-9-5-4-6-10-15/h4-12,14H,1-3H3,(H,22,26)/t14-/m0/s1. The van der Waals surface area contributed by atoms with E-state index in [1.807, 2.05) is 56.3 Å². The number of nitrogens with one attached hydrogen (secondary N) is 1. The van der Waals surface area contributed by atoms with Crippen molar-refractivity contribution in [3.8, 4) is 0 Å². The number of benzene rings is 1. The van der Waals surface area contributed by atoms with Crippen LogP contribution < -0.4 is 10.9 Å². The highest BCUT2D eigenvalue weighted by molar-refractivity contribution is 5.98. The SMILES string of the molecule is Cc1cccn2c(=O)c3cc(C(=O)N[C@@H](C)c4ccccc4)n(C)c3nc12. The highest BCUT2D eigenvalue weighted by Gasteiger charge is 2.19. The van der Waals surface area contributed by atoms with Gasteiger partial charge in [-0.1, -0.05) is 36.4 Å². The van der Waals surface area contributed by atoms with Crippen LogP contribution in [0.5, 0.6) is 0 Å². The van der Waals surface area contributed by atoms with Crippen LogP contribution in [-0.4, -0.2) is 19.9 Å². The number of hydrogen-bond acceptors (Lipinski definition) is 3. The fourth-order valence-electron chi connectivity index (χ4n) is 3.34.